The van der Waals surface area contributed by atoms with Crippen molar-refractivity contribution in [2.24, 2.45) is 0 Å². The van der Waals surface area contributed by atoms with Crippen LogP contribution in [0.5, 0.6) is 0 Å². The van der Waals surface area contributed by atoms with Crippen molar-refractivity contribution in [3.05, 3.63) is 0 Å². The molecule has 2 saturated heterocycles. The topological polar surface area (TPSA) is 131 Å². The number of piperidine rings is 1. The molecule has 5 N–H and O–H groups in total. The summed E-state index contributed by atoms with van der Waals surface area (Å²) in [6, 6.07) is -0.819. The lowest BCUT2D eigenvalue weighted by atomic mass is 9.92. The first-order valence-corrected chi connectivity index (χ1v) is 14.3. The molecular formula is C25H34F13N3O6. The van der Waals surface area contributed by atoms with Gasteiger partial charge in [0.2, 0.25) is 5.91 Å². The van der Waals surface area contributed by atoms with Gasteiger partial charge >= 0.3 is 41.9 Å². The standard InChI is InChI=1S/C25H34F13N3O6/c26-20(27,21(28,29)22(30,31)23(32,33)24(34,35)25(36,37)38)9-8-14(42)39-10-6-4-2-1-3-5-7-11-40-18-17(45)16(44)15(43)13-12-47-19(46)41(13)18/h13,15-18,40,43-45H,1-12H2,(H,39,42)/t13-,15-,16+,17-,18+/m1/s1. The second-order valence-electron chi connectivity index (χ2n) is 11.2. The number of cyclic esters (lactones) is 1. The first-order valence-electron chi connectivity index (χ1n) is 14.3. The van der Waals surface area contributed by atoms with Gasteiger partial charge in [-0.2, -0.15) is 57.1 Å². The van der Waals surface area contributed by atoms with Crippen molar-refractivity contribution in [1.82, 2.24) is 15.5 Å². The highest BCUT2D eigenvalue weighted by molar-refractivity contribution is 5.75. The van der Waals surface area contributed by atoms with Gasteiger partial charge in [-0.1, -0.05) is 32.1 Å². The molecule has 0 aromatic heterocycles. The summed E-state index contributed by atoms with van der Waals surface area (Å²) in [5.41, 5.74) is 0. The lowest BCUT2D eigenvalue weighted by Crippen LogP contribution is -2.70. The zero-order valence-corrected chi connectivity index (χ0v) is 24.3. The number of nitrogens with zero attached hydrogens (tertiary/aromatic N) is 1. The maximum absolute atomic E-state index is 13.8. The van der Waals surface area contributed by atoms with E-state index in [0.29, 0.717) is 45.1 Å². The highest BCUT2D eigenvalue weighted by atomic mass is 19.4. The van der Waals surface area contributed by atoms with Crippen LogP contribution in [0.2, 0.25) is 0 Å². The van der Waals surface area contributed by atoms with E-state index in [4.69, 9.17) is 4.74 Å². The first-order chi connectivity index (χ1) is 21.4. The summed E-state index contributed by atoms with van der Waals surface area (Å²) in [5, 5.41) is 35.2. The number of unbranched alkanes of at least 4 members (excludes halogenated alkanes) is 6. The monoisotopic (exact) mass is 719 g/mol. The van der Waals surface area contributed by atoms with Crippen LogP contribution < -0.4 is 10.6 Å². The average Bonchev–Trinajstić information content (AvgIpc) is 3.35. The Hall–Kier alpha value is -2.33. The molecule has 2 amide bonds. The third-order valence-corrected chi connectivity index (χ3v) is 7.86. The van der Waals surface area contributed by atoms with Crippen molar-refractivity contribution in [1.29, 1.82) is 0 Å². The Morgan fingerprint density at radius 1 is 0.702 bits per heavy atom. The number of fused-ring (bicyclic) bond motifs is 1. The SMILES string of the molecule is O=C(CCC(F)(F)C(F)(F)C(F)(F)C(F)(F)C(F)(F)C(F)(F)F)NCCCCCCCCCN[C@@H]1[C@H](O)[C@@H](O)[C@H](O)[C@H]2COC(=O)N21. The van der Waals surface area contributed by atoms with E-state index in [-0.39, 0.29) is 19.6 Å². The van der Waals surface area contributed by atoms with Crippen LogP contribution >= 0.6 is 0 Å². The molecule has 0 radical (unpaired) electrons. The molecule has 2 rings (SSSR count). The lowest BCUT2D eigenvalue weighted by molar-refractivity contribution is -0.440. The van der Waals surface area contributed by atoms with Crippen LogP contribution in [-0.2, 0) is 9.53 Å². The molecule has 2 aliphatic heterocycles. The smallest absolute Gasteiger partial charge is 0.447 e. The highest BCUT2D eigenvalue weighted by Gasteiger charge is 2.90. The minimum atomic E-state index is -7.98. The molecule has 9 nitrogen and oxygen atoms in total. The summed E-state index contributed by atoms with van der Waals surface area (Å²) in [4.78, 5) is 24.7. The Balaban J connectivity index is 1.65. The van der Waals surface area contributed by atoms with Gasteiger partial charge in [0, 0.05) is 19.4 Å². The molecule has 0 aromatic rings. The van der Waals surface area contributed by atoms with Crippen molar-refractivity contribution in [2.45, 2.75) is 124 Å². The number of alkyl halides is 13. The second kappa shape index (κ2) is 15.1. The number of halogens is 13. The second-order valence-corrected chi connectivity index (χ2v) is 11.2. The van der Waals surface area contributed by atoms with Crippen LogP contribution in [0.3, 0.4) is 0 Å². The Morgan fingerprint density at radius 3 is 1.72 bits per heavy atom. The maximum Gasteiger partial charge on any atom is 0.460 e. The van der Waals surface area contributed by atoms with Crippen molar-refractivity contribution in [2.75, 3.05) is 19.7 Å². The summed E-state index contributed by atoms with van der Waals surface area (Å²) in [6.45, 7) is -0.0203. The highest BCUT2D eigenvalue weighted by Crippen LogP contribution is 2.60. The summed E-state index contributed by atoms with van der Waals surface area (Å²) >= 11 is 0. The normalized spacial score (nSPS) is 24.7. The number of ether oxygens (including phenoxy) is 1. The number of nitrogens with one attached hydrogen (secondary N) is 2. The molecule has 47 heavy (non-hydrogen) atoms. The maximum atomic E-state index is 13.8. The van der Waals surface area contributed by atoms with Gasteiger partial charge in [0.15, 0.2) is 0 Å². The van der Waals surface area contributed by atoms with Gasteiger partial charge in [-0.15, -0.1) is 0 Å². The van der Waals surface area contributed by atoms with Crippen molar-refractivity contribution >= 4 is 12.0 Å². The minimum Gasteiger partial charge on any atom is -0.447 e. The number of rotatable bonds is 18. The summed E-state index contributed by atoms with van der Waals surface area (Å²) in [5.74, 6) is -38.8. The van der Waals surface area contributed by atoms with E-state index in [0.717, 1.165) is 4.90 Å². The van der Waals surface area contributed by atoms with Gasteiger partial charge in [-0.05, 0) is 19.4 Å². The lowest BCUT2D eigenvalue weighted by Gasteiger charge is -2.44. The molecule has 0 spiro atoms. The fourth-order valence-electron chi connectivity index (χ4n) is 4.96. The summed E-state index contributed by atoms with van der Waals surface area (Å²) in [7, 11) is 0. The molecule has 2 heterocycles. The summed E-state index contributed by atoms with van der Waals surface area (Å²) in [6.07, 6.45) is -13.8. The zero-order valence-electron chi connectivity index (χ0n) is 24.3. The number of aliphatic hydroxyl groups is 3. The van der Waals surface area contributed by atoms with E-state index in [9.17, 15) is 82.0 Å². The number of hydrogen-bond acceptors (Lipinski definition) is 7. The van der Waals surface area contributed by atoms with Crippen LogP contribution in [-0.4, -0.2) is 118 Å². The molecule has 0 aromatic carbocycles. The fourth-order valence-corrected chi connectivity index (χ4v) is 4.96. The van der Waals surface area contributed by atoms with E-state index in [1.54, 1.807) is 0 Å². The Bertz CT molecular complexity index is 1070. The molecule has 0 bridgehead atoms. The van der Waals surface area contributed by atoms with E-state index in [1.165, 1.54) is 0 Å². The van der Waals surface area contributed by atoms with Crippen LogP contribution in [0, 0.1) is 0 Å². The Kier molecular flexibility index (Phi) is 13.1. The van der Waals surface area contributed by atoms with Crippen molar-refractivity contribution < 1.29 is 86.7 Å². The molecule has 22 heteroatoms. The van der Waals surface area contributed by atoms with Gasteiger partial charge in [0.25, 0.3) is 0 Å². The van der Waals surface area contributed by atoms with E-state index < -0.39 is 91.2 Å². The van der Waals surface area contributed by atoms with Crippen LogP contribution in [0.15, 0.2) is 0 Å². The number of aliphatic hydroxyl groups excluding tert-OH is 3. The van der Waals surface area contributed by atoms with Gasteiger partial charge in [0.1, 0.15) is 31.1 Å². The van der Waals surface area contributed by atoms with Gasteiger partial charge < -0.3 is 25.4 Å². The van der Waals surface area contributed by atoms with Gasteiger partial charge in [-0.25, -0.2) is 4.79 Å². The van der Waals surface area contributed by atoms with Gasteiger partial charge in [-0.3, -0.25) is 15.0 Å². The summed E-state index contributed by atoms with van der Waals surface area (Å²) < 4.78 is 176. The van der Waals surface area contributed by atoms with Crippen LogP contribution in [0.25, 0.3) is 0 Å². The predicted molar refractivity (Wildman–Crippen MR) is 132 cm³/mol. The number of hydrogen-bond donors (Lipinski definition) is 5. The fraction of sp³-hybridized carbons (Fsp3) is 0.920. The molecular weight excluding hydrogens is 685 g/mol. The quantitative estimate of drug-likeness (QED) is 0.106. The molecule has 0 unspecified atom stereocenters. The molecule has 0 saturated carbocycles. The van der Waals surface area contributed by atoms with Crippen molar-refractivity contribution in [3.8, 4) is 0 Å². The number of amides is 2. The molecule has 2 fully saturated rings. The number of carbonyl (C=O) groups excluding carboxylic acids is 2. The number of carbonyl (C=O) groups is 2. The van der Waals surface area contributed by atoms with E-state index in [2.05, 4.69) is 5.32 Å². The van der Waals surface area contributed by atoms with E-state index in [1.807, 2.05) is 5.32 Å². The van der Waals surface area contributed by atoms with Crippen LogP contribution in [0.4, 0.5) is 61.9 Å². The third kappa shape index (κ3) is 8.28. The molecule has 2 aliphatic rings. The minimum absolute atomic E-state index is 0.144. The molecule has 276 valence electrons. The van der Waals surface area contributed by atoms with Crippen molar-refractivity contribution in [3.63, 3.8) is 0 Å². The Labute approximate surface area is 258 Å². The Morgan fingerprint density at radius 2 is 1.19 bits per heavy atom. The molecule has 5 atom stereocenters. The predicted octanol–water partition coefficient (Wildman–Crippen LogP) is 4.19. The molecule has 0 aliphatic carbocycles. The zero-order chi connectivity index (χ0) is 36.2. The van der Waals surface area contributed by atoms with E-state index >= 15 is 0 Å². The first kappa shape index (κ1) is 40.8. The largest absolute Gasteiger partial charge is 0.460 e. The third-order valence-electron chi connectivity index (χ3n) is 7.86. The van der Waals surface area contributed by atoms with Gasteiger partial charge in [0.05, 0.1) is 6.04 Å². The average molecular weight is 720 g/mol. The van der Waals surface area contributed by atoms with Crippen LogP contribution in [0.1, 0.15) is 57.8 Å².